The molecule has 0 amide bonds. The van der Waals surface area contributed by atoms with Crippen LogP contribution in [0.4, 0.5) is 13.2 Å². The highest BCUT2D eigenvalue weighted by atomic mass is 19.4. The molecule has 20 heavy (non-hydrogen) atoms. The summed E-state index contributed by atoms with van der Waals surface area (Å²) < 4.78 is 36.7. The minimum absolute atomic E-state index is 0.0461. The number of benzene rings is 1. The lowest BCUT2D eigenvalue weighted by molar-refractivity contribution is -0.137. The first-order chi connectivity index (χ1) is 9.30. The molecule has 1 aromatic carbocycles. The molecule has 0 saturated heterocycles. The van der Waals surface area contributed by atoms with Crippen molar-refractivity contribution in [2.75, 3.05) is 0 Å². The predicted octanol–water partition coefficient (Wildman–Crippen LogP) is 4.89. The van der Waals surface area contributed by atoms with Crippen molar-refractivity contribution in [3.8, 4) is 0 Å². The zero-order valence-electron chi connectivity index (χ0n) is 11.7. The molecule has 1 unspecified atom stereocenters. The van der Waals surface area contributed by atoms with Gasteiger partial charge in [0.1, 0.15) is 0 Å². The average molecular weight is 286 g/mol. The molecule has 1 atom stereocenters. The van der Waals surface area contributed by atoms with Gasteiger partial charge >= 0.3 is 6.18 Å². The summed E-state index contributed by atoms with van der Waals surface area (Å²) in [6.45, 7) is 1.63. The van der Waals surface area contributed by atoms with Crippen LogP contribution in [0.15, 0.2) is 24.3 Å². The summed E-state index contributed by atoms with van der Waals surface area (Å²) in [6.07, 6.45) is -1.50. The van der Waals surface area contributed by atoms with E-state index in [4.69, 9.17) is 0 Å². The Bertz CT molecular complexity index is 447. The first-order valence-corrected chi connectivity index (χ1v) is 7.18. The molecule has 112 valence electrons. The Morgan fingerprint density at radius 2 is 1.80 bits per heavy atom. The van der Waals surface area contributed by atoms with Crippen LogP contribution >= 0.6 is 0 Å². The van der Waals surface area contributed by atoms with Crippen molar-refractivity contribution < 1.29 is 18.3 Å². The van der Waals surface area contributed by atoms with Gasteiger partial charge in [0.05, 0.1) is 5.60 Å². The molecule has 1 aromatic rings. The Morgan fingerprint density at radius 1 is 1.15 bits per heavy atom. The molecule has 2 rings (SSSR count). The molecule has 4 heteroatoms. The first kappa shape index (κ1) is 15.4. The summed E-state index contributed by atoms with van der Waals surface area (Å²) in [4.78, 5) is 0. The van der Waals surface area contributed by atoms with E-state index in [1.165, 1.54) is 6.42 Å². The van der Waals surface area contributed by atoms with E-state index in [1.54, 1.807) is 6.92 Å². The highest BCUT2D eigenvalue weighted by molar-refractivity contribution is 5.35. The van der Waals surface area contributed by atoms with E-state index in [9.17, 15) is 18.3 Å². The molecular weight excluding hydrogens is 265 g/mol. The third kappa shape index (κ3) is 3.75. The Labute approximate surface area is 117 Å². The molecule has 1 N–H and O–H groups in total. The van der Waals surface area contributed by atoms with E-state index in [1.807, 2.05) is 24.3 Å². The molecule has 1 aliphatic rings. The quantitative estimate of drug-likeness (QED) is 0.816. The molecule has 1 aliphatic carbocycles. The fraction of sp³-hybridized carbons (Fsp3) is 0.625. The summed E-state index contributed by atoms with van der Waals surface area (Å²) in [5.41, 5.74) is 0.722. The fourth-order valence-electron chi connectivity index (χ4n) is 2.83. The predicted molar refractivity (Wildman–Crippen MR) is 72.5 cm³/mol. The van der Waals surface area contributed by atoms with Crippen LogP contribution in [0, 0.1) is 0 Å². The lowest BCUT2D eigenvalue weighted by Crippen LogP contribution is -2.25. The first-order valence-electron chi connectivity index (χ1n) is 7.18. The molecule has 0 aliphatic heterocycles. The second kappa shape index (κ2) is 5.76. The normalized spacial score (nSPS) is 19.4. The van der Waals surface area contributed by atoms with Gasteiger partial charge < -0.3 is 5.11 Å². The third-order valence-corrected chi connectivity index (χ3v) is 4.21. The van der Waals surface area contributed by atoms with E-state index >= 15 is 0 Å². The zero-order chi connectivity index (χ0) is 14.8. The van der Waals surface area contributed by atoms with Crippen LogP contribution in [0.1, 0.15) is 62.5 Å². The minimum atomic E-state index is -4.15. The largest absolute Gasteiger partial charge is 0.389 e. The number of alkyl halides is 3. The maximum Gasteiger partial charge on any atom is 0.389 e. The monoisotopic (exact) mass is 286 g/mol. The molecule has 1 fully saturated rings. The highest BCUT2D eigenvalue weighted by Crippen LogP contribution is 2.42. The van der Waals surface area contributed by atoms with Crippen molar-refractivity contribution in [2.45, 2.75) is 63.1 Å². The highest BCUT2D eigenvalue weighted by Gasteiger charge is 2.32. The molecule has 0 bridgehead atoms. The third-order valence-electron chi connectivity index (χ3n) is 4.21. The molecule has 0 aromatic heterocycles. The number of hydrogen-bond donors (Lipinski definition) is 1. The van der Waals surface area contributed by atoms with Gasteiger partial charge in [-0.05, 0) is 49.7 Å². The van der Waals surface area contributed by atoms with Crippen LogP contribution in [0.3, 0.4) is 0 Å². The van der Waals surface area contributed by atoms with Crippen molar-refractivity contribution in [1.82, 2.24) is 0 Å². The molecule has 1 saturated carbocycles. The maximum atomic E-state index is 12.2. The van der Waals surface area contributed by atoms with Gasteiger partial charge in [0, 0.05) is 6.42 Å². The smallest absolute Gasteiger partial charge is 0.385 e. The second-order valence-corrected chi connectivity index (χ2v) is 5.96. The van der Waals surface area contributed by atoms with E-state index < -0.39 is 18.2 Å². The summed E-state index contributed by atoms with van der Waals surface area (Å²) in [6, 6.07) is 7.62. The summed E-state index contributed by atoms with van der Waals surface area (Å²) >= 11 is 0. The van der Waals surface area contributed by atoms with Crippen LogP contribution < -0.4 is 0 Å². The van der Waals surface area contributed by atoms with Gasteiger partial charge in [0.2, 0.25) is 0 Å². The summed E-state index contributed by atoms with van der Waals surface area (Å²) in [7, 11) is 0. The van der Waals surface area contributed by atoms with Crippen molar-refractivity contribution in [3.05, 3.63) is 35.4 Å². The van der Waals surface area contributed by atoms with E-state index in [0.29, 0.717) is 5.92 Å². The average Bonchev–Trinajstić information content (AvgIpc) is 2.25. The molecular formula is C16H21F3O. The number of hydrogen-bond acceptors (Lipinski definition) is 1. The van der Waals surface area contributed by atoms with Crippen LogP contribution in [0.25, 0.3) is 0 Å². The van der Waals surface area contributed by atoms with Crippen molar-refractivity contribution in [2.24, 2.45) is 0 Å². The number of halogens is 3. The Morgan fingerprint density at radius 3 is 2.35 bits per heavy atom. The lowest BCUT2D eigenvalue weighted by Gasteiger charge is -2.33. The second-order valence-electron chi connectivity index (χ2n) is 5.96. The van der Waals surface area contributed by atoms with Gasteiger partial charge in [-0.2, -0.15) is 13.2 Å². The standard InChI is InChI=1S/C16H21F3O/c1-15(20,10-5-11-16(17,18)19)14-9-3-2-8-13(14)12-6-4-7-12/h2-3,8-9,12,20H,4-7,10-11H2,1H3. The van der Waals surface area contributed by atoms with Crippen molar-refractivity contribution >= 4 is 0 Å². The van der Waals surface area contributed by atoms with Crippen LogP contribution in [0.5, 0.6) is 0 Å². The fourth-order valence-corrected chi connectivity index (χ4v) is 2.83. The minimum Gasteiger partial charge on any atom is -0.385 e. The summed E-state index contributed by atoms with van der Waals surface area (Å²) in [5, 5.41) is 10.6. The van der Waals surface area contributed by atoms with Gasteiger partial charge in [-0.3, -0.25) is 0 Å². The summed E-state index contributed by atoms with van der Waals surface area (Å²) in [5.74, 6) is 0.459. The maximum absolute atomic E-state index is 12.2. The van der Waals surface area contributed by atoms with Gasteiger partial charge in [0.15, 0.2) is 0 Å². The molecule has 0 radical (unpaired) electrons. The van der Waals surface area contributed by atoms with Crippen LogP contribution in [-0.4, -0.2) is 11.3 Å². The SMILES string of the molecule is CC(O)(CCCC(F)(F)F)c1ccccc1C1CCC1. The Kier molecular flexibility index (Phi) is 4.43. The molecule has 0 spiro atoms. The topological polar surface area (TPSA) is 20.2 Å². The van der Waals surface area contributed by atoms with Gasteiger partial charge in [-0.15, -0.1) is 0 Å². The lowest BCUT2D eigenvalue weighted by atomic mass is 9.74. The zero-order valence-corrected chi connectivity index (χ0v) is 11.7. The molecule has 0 heterocycles. The Balaban J connectivity index is 2.08. The van der Waals surface area contributed by atoms with E-state index in [-0.39, 0.29) is 12.8 Å². The number of aliphatic hydroxyl groups is 1. The van der Waals surface area contributed by atoms with Crippen molar-refractivity contribution in [1.29, 1.82) is 0 Å². The number of rotatable bonds is 5. The Hall–Kier alpha value is -1.03. The van der Waals surface area contributed by atoms with E-state index in [2.05, 4.69) is 0 Å². The van der Waals surface area contributed by atoms with Crippen LogP contribution in [0.2, 0.25) is 0 Å². The van der Waals surface area contributed by atoms with Crippen LogP contribution in [-0.2, 0) is 5.60 Å². The van der Waals surface area contributed by atoms with Gasteiger partial charge in [-0.25, -0.2) is 0 Å². The molecule has 1 nitrogen and oxygen atoms in total. The van der Waals surface area contributed by atoms with Gasteiger partial charge in [-0.1, -0.05) is 30.7 Å². The van der Waals surface area contributed by atoms with E-state index in [0.717, 1.165) is 24.0 Å². The van der Waals surface area contributed by atoms with Gasteiger partial charge in [0.25, 0.3) is 0 Å². The van der Waals surface area contributed by atoms with Crippen molar-refractivity contribution in [3.63, 3.8) is 0 Å².